The van der Waals surface area contributed by atoms with Crippen LogP contribution in [0.25, 0.3) is 0 Å². The number of hydrogen-bond donors (Lipinski definition) is 2. The lowest BCUT2D eigenvalue weighted by molar-refractivity contribution is 0.477. The van der Waals surface area contributed by atoms with Crippen molar-refractivity contribution < 1.29 is 5.11 Å². The van der Waals surface area contributed by atoms with Gasteiger partial charge in [0.25, 0.3) is 0 Å². The zero-order valence-corrected chi connectivity index (χ0v) is 6.69. The van der Waals surface area contributed by atoms with E-state index in [0.717, 1.165) is 11.3 Å². The fourth-order valence-corrected chi connectivity index (χ4v) is 1.59. The topological polar surface area (TPSA) is 46.2 Å². The van der Waals surface area contributed by atoms with E-state index in [0.29, 0.717) is 5.75 Å². The Morgan fingerprint density at radius 3 is 2.90 bits per heavy atom. The van der Waals surface area contributed by atoms with E-state index in [9.17, 15) is 0 Å². The molecule has 0 amide bonds. The fourth-order valence-electron chi connectivity index (χ4n) is 0.738. The van der Waals surface area contributed by atoms with Crippen LogP contribution in [0.4, 0.5) is 0 Å². The summed E-state index contributed by atoms with van der Waals surface area (Å²) in [5.41, 5.74) is 5.71. The Morgan fingerprint density at radius 2 is 2.50 bits per heavy atom. The highest BCUT2D eigenvalue weighted by molar-refractivity contribution is 7.10. The van der Waals surface area contributed by atoms with E-state index in [-0.39, 0.29) is 6.04 Å². The molecular weight excluding hydrogens is 146 g/mol. The molecule has 3 N–H and O–H groups in total. The summed E-state index contributed by atoms with van der Waals surface area (Å²) in [7, 11) is 0. The minimum absolute atomic E-state index is 0.0888. The highest BCUT2D eigenvalue weighted by atomic mass is 32.1. The normalized spacial score (nSPS) is 13.4. The van der Waals surface area contributed by atoms with Gasteiger partial charge in [-0.15, -0.1) is 11.3 Å². The van der Waals surface area contributed by atoms with Crippen molar-refractivity contribution in [2.45, 2.75) is 19.4 Å². The van der Waals surface area contributed by atoms with Gasteiger partial charge < -0.3 is 10.8 Å². The molecule has 0 radical (unpaired) electrons. The molecule has 0 aliphatic heterocycles. The Kier molecular flexibility index (Phi) is 2.29. The van der Waals surface area contributed by atoms with Crippen molar-refractivity contribution in [2.75, 3.05) is 0 Å². The molecule has 3 heteroatoms. The summed E-state index contributed by atoms with van der Waals surface area (Å²) < 4.78 is 0. The first kappa shape index (κ1) is 7.57. The molecule has 10 heavy (non-hydrogen) atoms. The zero-order valence-electron chi connectivity index (χ0n) is 5.87. The Labute approximate surface area is 64.3 Å². The van der Waals surface area contributed by atoms with E-state index in [1.165, 1.54) is 11.3 Å². The third kappa shape index (κ3) is 1.49. The van der Waals surface area contributed by atoms with Crippen LogP contribution in [0.2, 0.25) is 0 Å². The number of rotatable bonds is 2. The van der Waals surface area contributed by atoms with Gasteiger partial charge in [0, 0.05) is 16.3 Å². The molecule has 0 bridgehead atoms. The van der Waals surface area contributed by atoms with Crippen molar-refractivity contribution in [1.82, 2.24) is 0 Å². The SMILES string of the molecule is CC[C@@H](N)c1cc(O)cs1. The van der Waals surface area contributed by atoms with Crippen molar-refractivity contribution in [2.24, 2.45) is 5.73 Å². The third-order valence-corrected chi connectivity index (χ3v) is 2.46. The number of thiophene rings is 1. The van der Waals surface area contributed by atoms with Gasteiger partial charge in [-0.3, -0.25) is 0 Å². The second kappa shape index (κ2) is 3.03. The summed E-state index contributed by atoms with van der Waals surface area (Å²) in [6.07, 6.45) is 0.917. The Balaban J connectivity index is 2.74. The van der Waals surface area contributed by atoms with E-state index < -0.39 is 0 Å². The lowest BCUT2D eigenvalue weighted by Gasteiger charge is -2.02. The van der Waals surface area contributed by atoms with E-state index in [1.54, 1.807) is 11.4 Å². The van der Waals surface area contributed by atoms with Gasteiger partial charge in [0.05, 0.1) is 0 Å². The highest BCUT2D eigenvalue weighted by Gasteiger charge is 2.04. The Morgan fingerprint density at radius 1 is 1.80 bits per heavy atom. The van der Waals surface area contributed by atoms with Crippen molar-refractivity contribution >= 4 is 11.3 Å². The molecule has 1 aromatic heterocycles. The van der Waals surface area contributed by atoms with Crippen LogP contribution < -0.4 is 5.73 Å². The maximum atomic E-state index is 8.95. The van der Waals surface area contributed by atoms with Crippen molar-refractivity contribution in [3.8, 4) is 5.75 Å². The monoisotopic (exact) mass is 157 g/mol. The standard InChI is InChI=1S/C7H11NOS/c1-2-6(8)7-3-5(9)4-10-7/h3-4,6,9H,2,8H2,1H3/t6-/m1/s1. The molecule has 1 heterocycles. The fraction of sp³-hybridized carbons (Fsp3) is 0.429. The van der Waals surface area contributed by atoms with E-state index >= 15 is 0 Å². The number of aromatic hydroxyl groups is 1. The first-order valence-corrected chi connectivity index (χ1v) is 4.15. The molecule has 0 aromatic carbocycles. The maximum absolute atomic E-state index is 8.95. The minimum atomic E-state index is 0.0888. The van der Waals surface area contributed by atoms with Gasteiger partial charge in [0.2, 0.25) is 0 Å². The predicted octanol–water partition coefficient (Wildman–Crippen LogP) is 1.86. The largest absolute Gasteiger partial charge is 0.507 e. The second-order valence-corrected chi connectivity index (χ2v) is 3.16. The van der Waals surface area contributed by atoms with Gasteiger partial charge in [-0.2, -0.15) is 0 Å². The van der Waals surface area contributed by atoms with E-state index in [4.69, 9.17) is 10.8 Å². The molecule has 1 aromatic rings. The van der Waals surface area contributed by atoms with Gasteiger partial charge in [-0.05, 0) is 12.5 Å². The first-order chi connectivity index (χ1) is 4.74. The molecule has 0 spiro atoms. The molecule has 2 nitrogen and oxygen atoms in total. The van der Waals surface area contributed by atoms with Gasteiger partial charge >= 0.3 is 0 Å². The molecule has 0 saturated heterocycles. The molecule has 0 saturated carbocycles. The lowest BCUT2D eigenvalue weighted by Crippen LogP contribution is -2.05. The molecule has 1 atom stereocenters. The van der Waals surface area contributed by atoms with E-state index in [2.05, 4.69) is 0 Å². The summed E-state index contributed by atoms with van der Waals surface area (Å²) in [5, 5.41) is 10.7. The van der Waals surface area contributed by atoms with Crippen LogP contribution in [-0.4, -0.2) is 5.11 Å². The van der Waals surface area contributed by atoms with Gasteiger partial charge in [0.1, 0.15) is 5.75 Å². The molecule has 56 valence electrons. The number of hydrogen-bond acceptors (Lipinski definition) is 3. The molecule has 1 rings (SSSR count). The lowest BCUT2D eigenvalue weighted by atomic mass is 10.2. The molecule has 0 fully saturated rings. The Bertz CT molecular complexity index is 209. The molecule has 0 aliphatic rings. The quantitative estimate of drug-likeness (QED) is 0.688. The maximum Gasteiger partial charge on any atom is 0.126 e. The van der Waals surface area contributed by atoms with Gasteiger partial charge in [0.15, 0.2) is 0 Å². The molecule has 0 unspecified atom stereocenters. The van der Waals surface area contributed by atoms with Crippen LogP contribution in [0.5, 0.6) is 5.75 Å². The summed E-state index contributed by atoms with van der Waals surface area (Å²) in [6, 6.07) is 1.81. The van der Waals surface area contributed by atoms with Crippen LogP contribution in [0.3, 0.4) is 0 Å². The smallest absolute Gasteiger partial charge is 0.126 e. The van der Waals surface area contributed by atoms with Crippen LogP contribution in [-0.2, 0) is 0 Å². The Hall–Kier alpha value is -0.540. The van der Waals surface area contributed by atoms with Gasteiger partial charge in [-0.1, -0.05) is 6.92 Å². The first-order valence-electron chi connectivity index (χ1n) is 3.27. The highest BCUT2D eigenvalue weighted by Crippen LogP contribution is 2.25. The third-order valence-electron chi connectivity index (χ3n) is 1.41. The predicted molar refractivity (Wildman–Crippen MR) is 43.2 cm³/mol. The van der Waals surface area contributed by atoms with Gasteiger partial charge in [-0.25, -0.2) is 0 Å². The van der Waals surface area contributed by atoms with Crippen molar-refractivity contribution in [3.63, 3.8) is 0 Å². The summed E-state index contributed by atoms with van der Waals surface area (Å²) in [5.74, 6) is 0.323. The van der Waals surface area contributed by atoms with Crippen LogP contribution >= 0.6 is 11.3 Å². The van der Waals surface area contributed by atoms with Crippen molar-refractivity contribution in [1.29, 1.82) is 0 Å². The van der Waals surface area contributed by atoms with Crippen LogP contribution in [0.15, 0.2) is 11.4 Å². The number of nitrogens with two attached hydrogens (primary N) is 1. The summed E-state index contributed by atoms with van der Waals surface area (Å²) in [6.45, 7) is 2.03. The van der Waals surface area contributed by atoms with Crippen LogP contribution in [0, 0.1) is 0 Å². The summed E-state index contributed by atoms with van der Waals surface area (Å²) >= 11 is 1.51. The second-order valence-electron chi connectivity index (χ2n) is 2.22. The average molecular weight is 157 g/mol. The van der Waals surface area contributed by atoms with Crippen LogP contribution in [0.1, 0.15) is 24.3 Å². The molecular formula is C7H11NOS. The van der Waals surface area contributed by atoms with E-state index in [1.807, 2.05) is 6.92 Å². The summed E-state index contributed by atoms with van der Waals surface area (Å²) in [4.78, 5) is 1.06. The molecule has 0 aliphatic carbocycles. The average Bonchev–Trinajstić information content (AvgIpc) is 2.34. The van der Waals surface area contributed by atoms with Crippen molar-refractivity contribution in [3.05, 3.63) is 16.3 Å². The minimum Gasteiger partial charge on any atom is -0.507 e. The zero-order chi connectivity index (χ0) is 7.56.